The topological polar surface area (TPSA) is 73.6 Å². The van der Waals surface area contributed by atoms with Crippen LogP contribution in [0, 0.1) is 5.92 Å². The molecule has 0 heterocycles. The maximum Gasteiger partial charge on any atom is 0.251 e. The standard InChI is InChI=1S/C21H28N2O3.ClH/c1-14(2)10-11-26-19-9-8-16(13-20(19)25-4)15(3)23-21(24)17-6-5-7-18(22)12-17;/h5-9,12-15H,10-11,22H2,1-4H3,(H,23,24);1H. The molecule has 0 aliphatic heterocycles. The molecule has 0 fully saturated rings. The molecule has 2 aromatic rings. The summed E-state index contributed by atoms with van der Waals surface area (Å²) in [7, 11) is 1.62. The molecule has 2 aromatic carbocycles. The summed E-state index contributed by atoms with van der Waals surface area (Å²) in [6.45, 7) is 6.90. The highest BCUT2D eigenvalue weighted by atomic mass is 35.5. The van der Waals surface area contributed by atoms with Crippen molar-refractivity contribution in [2.45, 2.75) is 33.2 Å². The van der Waals surface area contributed by atoms with Crippen molar-refractivity contribution in [3.63, 3.8) is 0 Å². The zero-order valence-electron chi connectivity index (χ0n) is 16.3. The highest BCUT2D eigenvalue weighted by Gasteiger charge is 2.14. The highest BCUT2D eigenvalue weighted by molar-refractivity contribution is 5.95. The van der Waals surface area contributed by atoms with E-state index in [-0.39, 0.29) is 24.4 Å². The number of ether oxygens (including phenoxy) is 2. The minimum absolute atomic E-state index is 0. The molecule has 0 aliphatic carbocycles. The number of hydrogen-bond donors (Lipinski definition) is 2. The zero-order chi connectivity index (χ0) is 19.1. The number of halogens is 1. The Morgan fingerprint density at radius 2 is 1.85 bits per heavy atom. The van der Waals surface area contributed by atoms with Gasteiger partial charge in [0, 0.05) is 11.3 Å². The van der Waals surface area contributed by atoms with Crippen LogP contribution in [0.1, 0.15) is 49.2 Å². The number of nitrogens with one attached hydrogen (secondary N) is 1. The molecule has 0 aromatic heterocycles. The Balaban J connectivity index is 0.00000364. The van der Waals surface area contributed by atoms with Gasteiger partial charge in [-0.15, -0.1) is 12.4 Å². The largest absolute Gasteiger partial charge is 0.493 e. The Hall–Kier alpha value is -2.40. The number of methoxy groups -OCH3 is 1. The molecular weight excluding hydrogens is 364 g/mol. The van der Waals surface area contributed by atoms with Gasteiger partial charge in [0.15, 0.2) is 11.5 Å². The minimum Gasteiger partial charge on any atom is -0.493 e. The molecule has 5 nitrogen and oxygen atoms in total. The van der Waals surface area contributed by atoms with Crippen LogP contribution in [-0.4, -0.2) is 19.6 Å². The first-order valence-electron chi connectivity index (χ1n) is 8.88. The number of nitrogens with two attached hydrogens (primary N) is 1. The van der Waals surface area contributed by atoms with Gasteiger partial charge in [0.2, 0.25) is 0 Å². The third-order valence-corrected chi connectivity index (χ3v) is 4.14. The van der Waals surface area contributed by atoms with Crippen LogP contribution in [-0.2, 0) is 0 Å². The third kappa shape index (κ3) is 6.68. The van der Waals surface area contributed by atoms with Gasteiger partial charge in [-0.2, -0.15) is 0 Å². The molecule has 0 saturated carbocycles. The number of hydrogen-bond acceptors (Lipinski definition) is 4. The lowest BCUT2D eigenvalue weighted by Crippen LogP contribution is -2.26. The normalized spacial score (nSPS) is 11.4. The monoisotopic (exact) mass is 392 g/mol. The van der Waals surface area contributed by atoms with Gasteiger partial charge in [0.1, 0.15) is 0 Å². The summed E-state index contributed by atoms with van der Waals surface area (Å²) in [6.07, 6.45) is 0.984. The maximum absolute atomic E-state index is 12.4. The number of carbonyl (C=O) groups excluding carboxylic acids is 1. The molecule has 1 atom stereocenters. The van der Waals surface area contributed by atoms with Crippen molar-refractivity contribution in [2.24, 2.45) is 5.92 Å². The molecule has 27 heavy (non-hydrogen) atoms. The lowest BCUT2D eigenvalue weighted by Gasteiger charge is -2.17. The summed E-state index contributed by atoms with van der Waals surface area (Å²) >= 11 is 0. The second kappa shape index (κ2) is 10.7. The van der Waals surface area contributed by atoms with Crippen molar-refractivity contribution >= 4 is 24.0 Å². The summed E-state index contributed by atoms with van der Waals surface area (Å²) in [5, 5.41) is 2.98. The second-order valence-corrected chi connectivity index (χ2v) is 6.76. The van der Waals surface area contributed by atoms with Gasteiger partial charge in [0.25, 0.3) is 5.91 Å². The molecule has 0 spiro atoms. The van der Waals surface area contributed by atoms with Crippen LogP contribution < -0.4 is 20.5 Å². The van der Waals surface area contributed by atoms with E-state index in [4.69, 9.17) is 15.2 Å². The minimum atomic E-state index is -0.178. The Labute approximate surface area is 167 Å². The van der Waals surface area contributed by atoms with Crippen LogP contribution in [0.25, 0.3) is 0 Å². The zero-order valence-corrected chi connectivity index (χ0v) is 17.1. The van der Waals surface area contributed by atoms with E-state index in [1.54, 1.807) is 31.4 Å². The lowest BCUT2D eigenvalue weighted by atomic mass is 10.1. The fourth-order valence-corrected chi connectivity index (χ4v) is 2.52. The van der Waals surface area contributed by atoms with Gasteiger partial charge in [-0.05, 0) is 55.2 Å². The number of nitrogen functional groups attached to an aromatic ring is 1. The average molecular weight is 393 g/mol. The van der Waals surface area contributed by atoms with Gasteiger partial charge in [0.05, 0.1) is 19.8 Å². The van der Waals surface area contributed by atoms with Crippen molar-refractivity contribution in [3.8, 4) is 11.5 Å². The Bertz CT molecular complexity index is 750. The number of anilines is 1. The molecule has 0 radical (unpaired) electrons. The summed E-state index contributed by atoms with van der Waals surface area (Å²) in [4.78, 5) is 12.4. The predicted octanol–water partition coefficient (Wildman–Crippen LogP) is 4.62. The van der Waals surface area contributed by atoms with Crippen LogP contribution in [0.5, 0.6) is 11.5 Å². The summed E-state index contributed by atoms with van der Waals surface area (Å²) in [5.74, 6) is 1.80. The maximum atomic E-state index is 12.4. The van der Waals surface area contributed by atoms with Gasteiger partial charge in [-0.25, -0.2) is 0 Å². The predicted molar refractivity (Wildman–Crippen MR) is 112 cm³/mol. The molecule has 1 amide bonds. The number of amides is 1. The van der Waals surface area contributed by atoms with E-state index in [0.717, 1.165) is 12.0 Å². The number of carbonyl (C=O) groups is 1. The van der Waals surface area contributed by atoms with Crippen LogP contribution in [0.4, 0.5) is 5.69 Å². The van der Waals surface area contributed by atoms with Crippen LogP contribution in [0.3, 0.4) is 0 Å². The molecule has 148 valence electrons. The first-order chi connectivity index (χ1) is 12.4. The first-order valence-corrected chi connectivity index (χ1v) is 8.88. The molecule has 6 heteroatoms. The quantitative estimate of drug-likeness (QED) is 0.643. The smallest absolute Gasteiger partial charge is 0.251 e. The molecule has 0 saturated heterocycles. The highest BCUT2D eigenvalue weighted by Crippen LogP contribution is 2.30. The van der Waals surface area contributed by atoms with Crippen molar-refractivity contribution in [3.05, 3.63) is 53.6 Å². The van der Waals surface area contributed by atoms with Crippen molar-refractivity contribution < 1.29 is 14.3 Å². The Kier molecular flexibility index (Phi) is 8.95. The fraction of sp³-hybridized carbons (Fsp3) is 0.381. The lowest BCUT2D eigenvalue weighted by molar-refractivity contribution is 0.0940. The van der Waals surface area contributed by atoms with Crippen LogP contribution in [0.2, 0.25) is 0 Å². The van der Waals surface area contributed by atoms with E-state index in [9.17, 15) is 4.79 Å². The third-order valence-electron chi connectivity index (χ3n) is 4.14. The molecule has 2 rings (SSSR count). The van der Waals surface area contributed by atoms with Crippen molar-refractivity contribution in [2.75, 3.05) is 19.5 Å². The molecule has 0 bridgehead atoms. The van der Waals surface area contributed by atoms with Crippen molar-refractivity contribution in [1.82, 2.24) is 5.32 Å². The molecule has 3 N–H and O–H groups in total. The molecule has 0 aliphatic rings. The molecule has 1 unspecified atom stereocenters. The van der Waals surface area contributed by atoms with Gasteiger partial charge in [-0.1, -0.05) is 26.0 Å². The van der Waals surface area contributed by atoms with E-state index in [2.05, 4.69) is 19.2 Å². The van der Waals surface area contributed by atoms with Gasteiger partial charge in [-0.3, -0.25) is 4.79 Å². The summed E-state index contributed by atoms with van der Waals surface area (Å²) in [6, 6.07) is 12.5. The Morgan fingerprint density at radius 1 is 1.11 bits per heavy atom. The van der Waals surface area contributed by atoms with Crippen LogP contribution in [0.15, 0.2) is 42.5 Å². The van der Waals surface area contributed by atoms with E-state index in [1.165, 1.54) is 0 Å². The van der Waals surface area contributed by atoms with E-state index in [1.807, 2.05) is 25.1 Å². The van der Waals surface area contributed by atoms with E-state index >= 15 is 0 Å². The van der Waals surface area contributed by atoms with Gasteiger partial charge < -0.3 is 20.5 Å². The van der Waals surface area contributed by atoms with Crippen molar-refractivity contribution in [1.29, 1.82) is 0 Å². The average Bonchev–Trinajstić information content (AvgIpc) is 2.61. The number of rotatable bonds is 8. The van der Waals surface area contributed by atoms with E-state index in [0.29, 0.717) is 35.3 Å². The first kappa shape index (κ1) is 22.6. The fourth-order valence-electron chi connectivity index (χ4n) is 2.52. The second-order valence-electron chi connectivity index (χ2n) is 6.76. The summed E-state index contributed by atoms with van der Waals surface area (Å²) in [5.41, 5.74) is 7.79. The van der Waals surface area contributed by atoms with E-state index < -0.39 is 0 Å². The number of benzene rings is 2. The Morgan fingerprint density at radius 3 is 2.48 bits per heavy atom. The molecular formula is C21H29ClN2O3. The van der Waals surface area contributed by atoms with Gasteiger partial charge >= 0.3 is 0 Å². The van der Waals surface area contributed by atoms with Crippen LogP contribution >= 0.6 is 12.4 Å². The SMILES string of the molecule is COc1cc(C(C)NC(=O)c2cccc(N)c2)ccc1OCCC(C)C.Cl. The summed E-state index contributed by atoms with van der Waals surface area (Å²) < 4.78 is 11.3.